The van der Waals surface area contributed by atoms with E-state index in [9.17, 15) is 0 Å². The molecular formula is C15H17Cl2N3. The summed E-state index contributed by atoms with van der Waals surface area (Å²) in [7, 11) is 0. The van der Waals surface area contributed by atoms with Crippen LogP contribution >= 0.6 is 23.2 Å². The van der Waals surface area contributed by atoms with Gasteiger partial charge in [-0.2, -0.15) is 0 Å². The molecule has 20 heavy (non-hydrogen) atoms. The SMILES string of the molecule is NC1CCCC(c2ncc(-c3cccc(Cl)c3Cl)[nH]2)C1. The summed E-state index contributed by atoms with van der Waals surface area (Å²) < 4.78 is 0. The predicted octanol–water partition coefficient (Wildman–Crippen LogP) is 4.37. The maximum atomic E-state index is 6.25. The number of halogens is 2. The van der Waals surface area contributed by atoms with Gasteiger partial charge in [-0.25, -0.2) is 4.98 Å². The zero-order valence-corrected chi connectivity index (χ0v) is 12.6. The number of nitrogens with one attached hydrogen (secondary N) is 1. The van der Waals surface area contributed by atoms with Crippen LogP contribution in [0.2, 0.25) is 10.0 Å². The lowest BCUT2D eigenvalue weighted by Gasteiger charge is -2.24. The fraction of sp³-hybridized carbons (Fsp3) is 0.400. The molecule has 1 saturated carbocycles. The molecule has 0 radical (unpaired) electrons. The number of aromatic nitrogens is 2. The van der Waals surface area contributed by atoms with E-state index < -0.39 is 0 Å². The Bertz CT molecular complexity index is 609. The minimum absolute atomic E-state index is 0.289. The third kappa shape index (κ3) is 2.71. The molecule has 3 N–H and O–H groups in total. The fourth-order valence-corrected chi connectivity index (χ4v) is 3.27. The Labute approximate surface area is 128 Å². The van der Waals surface area contributed by atoms with Gasteiger partial charge in [0.1, 0.15) is 5.82 Å². The van der Waals surface area contributed by atoms with Gasteiger partial charge in [-0.05, 0) is 25.3 Å². The summed E-state index contributed by atoms with van der Waals surface area (Å²) in [6.45, 7) is 0. The molecule has 1 fully saturated rings. The van der Waals surface area contributed by atoms with E-state index in [0.29, 0.717) is 16.0 Å². The van der Waals surface area contributed by atoms with Crippen LogP contribution in [-0.4, -0.2) is 16.0 Å². The molecule has 1 aromatic carbocycles. The van der Waals surface area contributed by atoms with Crippen molar-refractivity contribution in [3.05, 3.63) is 40.3 Å². The first-order chi connectivity index (χ1) is 9.65. The van der Waals surface area contributed by atoms with Crippen molar-refractivity contribution in [2.75, 3.05) is 0 Å². The molecule has 0 saturated heterocycles. The second-order valence-corrected chi connectivity index (χ2v) is 6.19. The maximum absolute atomic E-state index is 6.25. The number of hydrogen-bond donors (Lipinski definition) is 2. The fourth-order valence-electron chi connectivity index (χ4n) is 2.87. The first kappa shape index (κ1) is 13.9. The molecule has 0 spiro atoms. The molecule has 1 aromatic heterocycles. The van der Waals surface area contributed by atoms with Crippen LogP contribution in [0.4, 0.5) is 0 Å². The van der Waals surface area contributed by atoms with Crippen LogP contribution in [0.3, 0.4) is 0 Å². The number of hydrogen-bond acceptors (Lipinski definition) is 2. The highest BCUT2D eigenvalue weighted by atomic mass is 35.5. The molecule has 0 aliphatic heterocycles. The third-order valence-corrected chi connectivity index (χ3v) is 4.76. The number of imidazole rings is 1. The van der Waals surface area contributed by atoms with E-state index in [4.69, 9.17) is 28.9 Å². The average molecular weight is 310 g/mol. The molecule has 1 heterocycles. The highest BCUT2D eigenvalue weighted by Gasteiger charge is 2.23. The molecule has 106 valence electrons. The lowest BCUT2D eigenvalue weighted by molar-refractivity contribution is 0.383. The quantitative estimate of drug-likeness (QED) is 0.865. The van der Waals surface area contributed by atoms with Gasteiger partial charge in [-0.15, -0.1) is 0 Å². The van der Waals surface area contributed by atoms with Gasteiger partial charge in [-0.3, -0.25) is 0 Å². The van der Waals surface area contributed by atoms with Crippen molar-refractivity contribution in [3.8, 4) is 11.3 Å². The van der Waals surface area contributed by atoms with Gasteiger partial charge in [0.25, 0.3) is 0 Å². The molecule has 1 aliphatic carbocycles. The van der Waals surface area contributed by atoms with Gasteiger partial charge < -0.3 is 10.7 Å². The summed E-state index contributed by atoms with van der Waals surface area (Å²) >= 11 is 12.3. The van der Waals surface area contributed by atoms with Gasteiger partial charge in [0.05, 0.1) is 21.9 Å². The topological polar surface area (TPSA) is 54.7 Å². The Morgan fingerprint density at radius 1 is 1.25 bits per heavy atom. The Morgan fingerprint density at radius 3 is 2.90 bits per heavy atom. The number of benzene rings is 1. The van der Waals surface area contributed by atoms with Gasteiger partial charge in [0.15, 0.2) is 0 Å². The lowest BCUT2D eigenvalue weighted by atomic mass is 9.86. The number of nitrogens with zero attached hydrogens (tertiary/aromatic N) is 1. The molecule has 0 amide bonds. The van der Waals surface area contributed by atoms with Crippen LogP contribution < -0.4 is 5.73 Å². The van der Waals surface area contributed by atoms with Gasteiger partial charge in [-0.1, -0.05) is 41.8 Å². The van der Waals surface area contributed by atoms with Crippen molar-refractivity contribution in [1.29, 1.82) is 0 Å². The summed E-state index contributed by atoms with van der Waals surface area (Å²) in [5.41, 5.74) is 7.84. The van der Waals surface area contributed by atoms with Crippen molar-refractivity contribution in [2.24, 2.45) is 5.73 Å². The Balaban J connectivity index is 1.88. The standard InChI is InChI=1S/C15H17Cl2N3/c16-12-6-2-5-11(14(12)17)13-8-19-15(20-13)9-3-1-4-10(18)7-9/h2,5-6,8-10H,1,3-4,7,18H2,(H,19,20). The van der Waals surface area contributed by atoms with E-state index in [1.165, 1.54) is 6.42 Å². The molecule has 2 atom stereocenters. The summed E-state index contributed by atoms with van der Waals surface area (Å²) in [4.78, 5) is 7.89. The van der Waals surface area contributed by atoms with E-state index in [2.05, 4.69) is 9.97 Å². The van der Waals surface area contributed by atoms with Crippen molar-refractivity contribution >= 4 is 23.2 Å². The zero-order chi connectivity index (χ0) is 14.1. The van der Waals surface area contributed by atoms with Crippen molar-refractivity contribution < 1.29 is 0 Å². The van der Waals surface area contributed by atoms with E-state index in [0.717, 1.165) is 36.3 Å². The summed E-state index contributed by atoms with van der Waals surface area (Å²) in [5.74, 6) is 1.43. The average Bonchev–Trinajstić information content (AvgIpc) is 2.91. The van der Waals surface area contributed by atoms with Crippen molar-refractivity contribution in [3.63, 3.8) is 0 Å². The number of aromatic amines is 1. The highest BCUT2D eigenvalue weighted by Crippen LogP contribution is 2.35. The molecule has 3 nitrogen and oxygen atoms in total. The second-order valence-electron chi connectivity index (χ2n) is 5.41. The van der Waals surface area contributed by atoms with Crippen LogP contribution in [0.25, 0.3) is 11.3 Å². The molecule has 2 unspecified atom stereocenters. The zero-order valence-electron chi connectivity index (χ0n) is 11.1. The number of rotatable bonds is 2. The van der Waals surface area contributed by atoms with E-state index in [-0.39, 0.29) is 6.04 Å². The van der Waals surface area contributed by atoms with Crippen LogP contribution in [0.1, 0.15) is 37.4 Å². The predicted molar refractivity (Wildman–Crippen MR) is 83.2 cm³/mol. The number of H-pyrrole nitrogens is 1. The smallest absolute Gasteiger partial charge is 0.109 e. The van der Waals surface area contributed by atoms with E-state index in [1.807, 2.05) is 18.3 Å². The molecule has 3 rings (SSSR count). The number of nitrogens with two attached hydrogens (primary N) is 1. The summed E-state index contributed by atoms with van der Waals surface area (Å²) in [5, 5.41) is 1.12. The Kier molecular flexibility index (Phi) is 4.01. The summed E-state index contributed by atoms with van der Waals surface area (Å²) in [6.07, 6.45) is 6.25. The maximum Gasteiger partial charge on any atom is 0.109 e. The van der Waals surface area contributed by atoms with Gasteiger partial charge >= 0.3 is 0 Å². The molecule has 5 heteroatoms. The first-order valence-corrected chi connectivity index (χ1v) is 7.65. The van der Waals surface area contributed by atoms with Crippen LogP contribution in [0.5, 0.6) is 0 Å². The normalized spacial score (nSPS) is 22.9. The molecular weight excluding hydrogens is 293 g/mol. The monoisotopic (exact) mass is 309 g/mol. The van der Waals surface area contributed by atoms with Crippen molar-refractivity contribution in [2.45, 2.75) is 37.6 Å². The Hall–Kier alpha value is -1.03. The van der Waals surface area contributed by atoms with Crippen molar-refractivity contribution in [1.82, 2.24) is 9.97 Å². The first-order valence-electron chi connectivity index (χ1n) is 6.90. The molecule has 0 bridgehead atoms. The van der Waals surface area contributed by atoms with Crippen LogP contribution in [0.15, 0.2) is 24.4 Å². The highest BCUT2D eigenvalue weighted by molar-refractivity contribution is 6.43. The van der Waals surface area contributed by atoms with Crippen LogP contribution in [-0.2, 0) is 0 Å². The second kappa shape index (κ2) is 5.76. The largest absolute Gasteiger partial charge is 0.342 e. The molecule has 2 aromatic rings. The molecule has 1 aliphatic rings. The minimum Gasteiger partial charge on any atom is -0.342 e. The van der Waals surface area contributed by atoms with E-state index in [1.54, 1.807) is 6.07 Å². The Morgan fingerprint density at radius 2 is 2.10 bits per heavy atom. The lowest BCUT2D eigenvalue weighted by Crippen LogP contribution is -2.27. The van der Waals surface area contributed by atoms with Gasteiger partial charge in [0.2, 0.25) is 0 Å². The van der Waals surface area contributed by atoms with E-state index >= 15 is 0 Å². The van der Waals surface area contributed by atoms with Gasteiger partial charge in [0, 0.05) is 17.5 Å². The third-order valence-electron chi connectivity index (χ3n) is 3.94. The minimum atomic E-state index is 0.289. The van der Waals surface area contributed by atoms with Crippen LogP contribution in [0, 0.1) is 0 Å². The summed E-state index contributed by atoms with van der Waals surface area (Å²) in [6, 6.07) is 5.90.